The van der Waals surface area contributed by atoms with Gasteiger partial charge in [0, 0.05) is 0 Å². The first-order valence-corrected chi connectivity index (χ1v) is 12.9. The van der Waals surface area contributed by atoms with E-state index in [1.807, 2.05) is 0 Å². The zero-order valence-corrected chi connectivity index (χ0v) is 19.2. The summed E-state index contributed by atoms with van der Waals surface area (Å²) < 4.78 is 0. The molecule has 4 fully saturated rings. The standard InChI is InChI=1S/C27H48/c1-19(2)9-8-10-20(3)23-14-15-24-22-13-12-21-11-6-7-17-26(21,4)25(22)16-18-27(23,24)5/h19-25H,6-18H2,1-5H3/t20-,21+,22+,23-,24-,25-,26+,27-/m1/s1. The fourth-order valence-electron chi connectivity index (χ4n) is 9.32. The lowest BCUT2D eigenvalue weighted by molar-refractivity contribution is -0.114. The number of rotatable bonds is 5. The van der Waals surface area contributed by atoms with E-state index in [-0.39, 0.29) is 0 Å². The topological polar surface area (TPSA) is 0 Å². The van der Waals surface area contributed by atoms with E-state index in [9.17, 15) is 0 Å². The molecule has 4 aliphatic carbocycles. The zero-order chi connectivity index (χ0) is 19.2. The molecule has 0 aromatic heterocycles. The van der Waals surface area contributed by atoms with E-state index < -0.39 is 0 Å². The van der Waals surface area contributed by atoms with Crippen LogP contribution in [0.3, 0.4) is 0 Å². The molecule has 4 rings (SSSR count). The van der Waals surface area contributed by atoms with Crippen LogP contribution in [0.4, 0.5) is 0 Å². The largest absolute Gasteiger partial charge is 0.0628 e. The first-order valence-electron chi connectivity index (χ1n) is 12.9. The van der Waals surface area contributed by atoms with Crippen LogP contribution in [0.2, 0.25) is 0 Å². The summed E-state index contributed by atoms with van der Waals surface area (Å²) in [5, 5.41) is 0. The fraction of sp³-hybridized carbons (Fsp3) is 1.00. The Balaban J connectivity index is 1.46. The van der Waals surface area contributed by atoms with Crippen molar-refractivity contribution in [3.05, 3.63) is 0 Å². The van der Waals surface area contributed by atoms with Gasteiger partial charge in [0.05, 0.1) is 0 Å². The highest BCUT2D eigenvalue weighted by Crippen LogP contribution is 2.68. The molecule has 27 heavy (non-hydrogen) atoms. The van der Waals surface area contributed by atoms with Crippen LogP contribution in [0.5, 0.6) is 0 Å². The molecule has 8 atom stereocenters. The van der Waals surface area contributed by atoms with Crippen molar-refractivity contribution in [2.75, 3.05) is 0 Å². The molecule has 0 nitrogen and oxygen atoms in total. The van der Waals surface area contributed by atoms with Gasteiger partial charge in [0.2, 0.25) is 0 Å². The molecule has 0 aromatic rings. The van der Waals surface area contributed by atoms with Gasteiger partial charge < -0.3 is 0 Å². The number of hydrogen-bond acceptors (Lipinski definition) is 0. The van der Waals surface area contributed by atoms with Crippen LogP contribution in [-0.4, -0.2) is 0 Å². The lowest BCUT2D eigenvalue weighted by Crippen LogP contribution is -2.53. The van der Waals surface area contributed by atoms with Crippen molar-refractivity contribution in [3.63, 3.8) is 0 Å². The maximum Gasteiger partial charge on any atom is -0.0264 e. The zero-order valence-electron chi connectivity index (χ0n) is 19.2. The molecule has 156 valence electrons. The summed E-state index contributed by atoms with van der Waals surface area (Å²) >= 11 is 0. The van der Waals surface area contributed by atoms with Gasteiger partial charge >= 0.3 is 0 Å². The quantitative estimate of drug-likeness (QED) is 0.453. The molecule has 4 aliphatic rings. The fourth-order valence-corrected chi connectivity index (χ4v) is 9.32. The van der Waals surface area contributed by atoms with E-state index in [0.717, 1.165) is 41.4 Å². The molecule has 0 spiro atoms. The van der Waals surface area contributed by atoms with Gasteiger partial charge in [0.1, 0.15) is 0 Å². The predicted molar refractivity (Wildman–Crippen MR) is 118 cm³/mol. The van der Waals surface area contributed by atoms with Gasteiger partial charge in [0.25, 0.3) is 0 Å². The van der Waals surface area contributed by atoms with Crippen molar-refractivity contribution in [2.45, 2.75) is 118 Å². The molecule has 0 heteroatoms. The summed E-state index contributed by atoms with van der Waals surface area (Å²) in [4.78, 5) is 0. The third-order valence-corrected chi connectivity index (χ3v) is 10.8. The van der Waals surface area contributed by atoms with Gasteiger partial charge in [-0.2, -0.15) is 0 Å². The molecule has 0 radical (unpaired) electrons. The Bertz CT molecular complexity index is 506. The molecule has 0 amide bonds. The molecule has 0 saturated heterocycles. The molecule has 4 saturated carbocycles. The summed E-state index contributed by atoms with van der Waals surface area (Å²) in [7, 11) is 0. The van der Waals surface area contributed by atoms with Crippen LogP contribution >= 0.6 is 0 Å². The van der Waals surface area contributed by atoms with Gasteiger partial charge in [0.15, 0.2) is 0 Å². The van der Waals surface area contributed by atoms with Gasteiger partial charge in [-0.15, -0.1) is 0 Å². The van der Waals surface area contributed by atoms with E-state index in [0.29, 0.717) is 10.8 Å². The van der Waals surface area contributed by atoms with E-state index >= 15 is 0 Å². The minimum atomic E-state index is 0.677. The second-order valence-corrected chi connectivity index (χ2v) is 12.4. The predicted octanol–water partition coefficient (Wildman–Crippen LogP) is 8.50. The van der Waals surface area contributed by atoms with Crippen molar-refractivity contribution < 1.29 is 0 Å². The Hall–Kier alpha value is 0. The molecular formula is C27H48. The van der Waals surface area contributed by atoms with Crippen molar-refractivity contribution in [3.8, 4) is 0 Å². The molecule has 0 heterocycles. The molecule has 0 aromatic carbocycles. The molecule has 0 N–H and O–H groups in total. The summed E-state index contributed by atoms with van der Waals surface area (Å²) in [6.45, 7) is 12.9. The highest BCUT2D eigenvalue weighted by Gasteiger charge is 2.59. The van der Waals surface area contributed by atoms with Crippen molar-refractivity contribution in [2.24, 2.45) is 52.3 Å². The van der Waals surface area contributed by atoms with E-state index in [1.165, 1.54) is 32.1 Å². The maximum absolute atomic E-state index is 2.75. The molecular weight excluding hydrogens is 324 g/mol. The van der Waals surface area contributed by atoms with Crippen molar-refractivity contribution in [1.29, 1.82) is 0 Å². The Labute approximate surface area is 170 Å². The highest BCUT2D eigenvalue weighted by molar-refractivity contribution is 5.09. The van der Waals surface area contributed by atoms with Crippen LogP contribution in [-0.2, 0) is 0 Å². The van der Waals surface area contributed by atoms with E-state index in [4.69, 9.17) is 0 Å². The first kappa shape index (κ1) is 20.3. The van der Waals surface area contributed by atoms with E-state index in [2.05, 4.69) is 34.6 Å². The second-order valence-electron chi connectivity index (χ2n) is 12.4. The maximum atomic E-state index is 2.75. The third kappa shape index (κ3) is 3.44. The molecule has 0 unspecified atom stereocenters. The van der Waals surface area contributed by atoms with Crippen LogP contribution in [0.25, 0.3) is 0 Å². The Morgan fingerprint density at radius 3 is 2.30 bits per heavy atom. The first-order chi connectivity index (χ1) is 12.9. The summed E-state index contributed by atoms with van der Waals surface area (Å²) in [6.07, 6.45) is 19.9. The average molecular weight is 373 g/mol. The van der Waals surface area contributed by atoms with Crippen LogP contribution in [0.15, 0.2) is 0 Å². The second kappa shape index (κ2) is 7.68. The SMILES string of the molecule is CC(C)CCC[C@@H](C)[C@H]1CC[C@@H]2[C@@H]3CC[C@@H]4CCCC[C@]4(C)[C@@H]3CC[C@@]21C. The third-order valence-electron chi connectivity index (χ3n) is 10.8. The van der Waals surface area contributed by atoms with Crippen molar-refractivity contribution in [1.82, 2.24) is 0 Å². The van der Waals surface area contributed by atoms with Crippen molar-refractivity contribution >= 4 is 0 Å². The number of hydrogen-bond donors (Lipinski definition) is 0. The van der Waals surface area contributed by atoms with Crippen LogP contribution in [0, 0.1) is 52.3 Å². The average Bonchev–Trinajstić information content (AvgIpc) is 2.98. The van der Waals surface area contributed by atoms with Crippen LogP contribution in [0.1, 0.15) is 118 Å². The van der Waals surface area contributed by atoms with Gasteiger partial charge in [-0.3, -0.25) is 0 Å². The molecule has 0 bridgehead atoms. The lowest BCUT2D eigenvalue weighted by Gasteiger charge is -2.61. The van der Waals surface area contributed by atoms with Gasteiger partial charge in [-0.25, -0.2) is 0 Å². The highest BCUT2D eigenvalue weighted by atomic mass is 14.6. The molecule has 0 aliphatic heterocycles. The lowest BCUT2D eigenvalue weighted by atomic mass is 9.44. The monoisotopic (exact) mass is 372 g/mol. The minimum Gasteiger partial charge on any atom is -0.0628 e. The number of fused-ring (bicyclic) bond motifs is 5. The van der Waals surface area contributed by atoms with Crippen LogP contribution < -0.4 is 0 Å². The Morgan fingerprint density at radius 1 is 0.741 bits per heavy atom. The summed E-state index contributed by atoms with van der Waals surface area (Å²) in [5.41, 5.74) is 1.39. The summed E-state index contributed by atoms with van der Waals surface area (Å²) in [6, 6.07) is 0. The van der Waals surface area contributed by atoms with E-state index in [1.54, 1.807) is 51.4 Å². The van der Waals surface area contributed by atoms with Gasteiger partial charge in [-0.05, 0) is 104 Å². The minimum absolute atomic E-state index is 0.677. The Kier molecular flexibility index (Phi) is 5.77. The smallest absolute Gasteiger partial charge is 0.0264 e. The summed E-state index contributed by atoms with van der Waals surface area (Å²) in [5.74, 6) is 7.15. The normalized spacial score (nSPS) is 48.0. The van der Waals surface area contributed by atoms with Gasteiger partial charge in [-0.1, -0.05) is 66.7 Å². The Morgan fingerprint density at radius 2 is 1.52 bits per heavy atom.